The summed E-state index contributed by atoms with van der Waals surface area (Å²) in [6.45, 7) is 6.44. The van der Waals surface area contributed by atoms with Crippen molar-refractivity contribution in [3.8, 4) is 0 Å². The summed E-state index contributed by atoms with van der Waals surface area (Å²) in [5, 5.41) is 0. The molecule has 41 heavy (non-hydrogen) atoms. The number of allylic oxidation sites excluding steroid dienone is 12. The Bertz CT molecular complexity index is 1580. The van der Waals surface area contributed by atoms with Gasteiger partial charge in [-0.15, -0.1) is 0 Å². The monoisotopic (exact) mass is 534 g/mol. The zero-order valence-corrected chi connectivity index (χ0v) is 23.8. The zero-order valence-electron chi connectivity index (χ0n) is 23.8. The van der Waals surface area contributed by atoms with Crippen LogP contribution < -0.4 is 0 Å². The summed E-state index contributed by atoms with van der Waals surface area (Å²) in [5.41, 5.74) is 10.3. The highest BCUT2D eigenvalue weighted by Gasteiger charge is 2.45. The van der Waals surface area contributed by atoms with Crippen molar-refractivity contribution in [1.82, 2.24) is 9.80 Å². The SMILES string of the molecule is CC1=CC2CN(C(c3ccccc3)C(c3ccccc3)N3CC4=CC=CC5=CC=CC(C3)C54)CC3=CC=CC(=C1)C32. The maximum atomic E-state index is 2.81. The molecule has 6 aliphatic rings. The molecule has 2 heterocycles. The number of likely N-dealkylation sites (tertiary alicyclic amines) is 2. The van der Waals surface area contributed by atoms with Gasteiger partial charge >= 0.3 is 0 Å². The quantitative estimate of drug-likeness (QED) is 0.384. The molecule has 8 rings (SSSR count). The number of piperidine rings is 2. The van der Waals surface area contributed by atoms with E-state index in [4.69, 9.17) is 0 Å². The lowest BCUT2D eigenvalue weighted by molar-refractivity contribution is 0.0451. The molecule has 0 spiro atoms. The first kappa shape index (κ1) is 25.0. The Morgan fingerprint density at radius 3 is 1.83 bits per heavy atom. The molecule has 0 radical (unpaired) electrons. The maximum absolute atomic E-state index is 2.81. The topological polar surface area (TPSA) is 6.48 Å². The molecule has 4 aliphatic carbocycles. The molecule has 2 aromatic rings. The van der Waals surface area contributed by atoms with Gasteiger partial charge in [-0.25, -0.2) is 0 Å². The highest BCUT2D eigenvalue weighted by molar-refractivity contribution is 5.48. The van der Waals surface area contributed by atoms with E-state index in [0.29, 0.717) is 23.7 Å². The molecular weight excluding hydrogens is 496 g/mol. The Kier molecular flexibility index (Phi) is 6.27. The van der Waals surface area contributed by atoms with Gasteiger partial charge in [0.15, 0.2) is 0 Å². The van der Waals surface area contributed by atoms with Crippen molar-refractivity contribution in [2.24, 2.45) is 23.7 Å². The van der Waals surface area contributed by atoms with Crippen LogP contribution in [0.2, 0.25) is 0 Å². The van der Waals surface area contributed by atoms with E-state index < -0.39 is 0 Å². The van der Waals surface area contributed by atoms with Gasteiger partial charge in [-0.3, -0.25) is 9.80 Å². The standard InChI is InChI=1S/C39H38N2/c1-27-21-31-17-10-20-34-25-41(26-35(22-27)37(31)34)39(30-13-6-3-7-14-30)38(29-11-4-2-5-12-29)40-23-32-18-8-15-28-16-9-19-33(24-40)36(28)32/h2-22,32,35-39H,23-26H2,1H3. The van der Waals surface area contributed by atoms with Crippen molar-refractivity contribution in [1.29, 1.82) is 0 Å². The Labute approximate surface area is 244 Å². The summed E-state index contributed by atoms with van der Waals surface area (Å²) in [6, 6.07) is 23.2. The Morgan fingerprint density at radius 2 is 1.20 bits per heavy atom. The number of hydrogen-bond acceptors (Lipinski definition) is 2. The smallest absolute Gasteiger partial charge is 0.0548 e. The molecule has 6 unspecified atom stereocenters. The molecule has 6 atom stereocenters. The second kappa shape index (κ2) is 10.3. The van der Waals surface area contributed by atoms with Gasteiger partial charge < -0.3 is 0 Å². The van der Waals surface area contributed by atoms with E-state index in [1.807, 2.05) is 0 Å². The summed E-state index contributed by atoms with van der Waals surface area (Å²) in [4.78, 5) is 5.62. The molecule has 0 bridgehead atoms. The molecule has 0 aromatic heterocycles. The van der Waals surface area contributed by atoms with Gasteiger partial charge in [0.05, 0.1) is 12.1 Å². The van der Waals surface area contributed by atoms with Crippen molar-refractivity contribution < 1.29 is 0 Å². The van der Waals surface area contributed by atoms with Crippen LogP contribution in [0.5, 0.6) is 0 Å². The van der Waals surface area contributed by atoms with Crippen LogP contribution in [-0.2, 0) is 0 Å². The summed E-state index contributed by atoms with van der Waals surface area (Å²) in [5.74, 6) is 2.08. The van der Waals surface area contributed by atoms with Crippen molar-refractivity contribution in [3.63, 3.8) is 0 Å². The van der Waals surface area contributed by atoms with Crippen LogP contribution >= 0.6 is 0 Å². The molecule has 0 amide bonds. The Morgan fingerprint density at radius 1 is 0.634 bits per heavy atom. The first-order valence-corrected chi connectivity index (χ1v) is 15.3. The average Bonchev–Trinajstić information content (AvgIpc) is 3.00. The molecule has 0 N–H and O–H groups in total. The highest BCUT2D eigenvalue weighted by Crippen LogP contribution is 2.49. The van der Waals surface area contributed by atoms with E-state index in [1.165, 1.54) is 27.8 Å². The summed E-state index contributed by atoms with van der Waals surface area (Å²) in [6.07, 6.45) is 26.0. The third-order valence-corrected chi connectivity index (χ3v) is 10.1. The van der Waals surface area contributed by atoms with E-state index in [0.717, 1.165) is 26.2 Å². The predicted molar refractivity (Wildman–Crippen MR) is 169 cm³/mol. The Hall–Kier alpha value is -3.72. The summed E-state index contributed by atoms with van der Waals surface area (Å²) in [7, 11) is 0. The fourth-order valence-electron chi connectivity index (χ4n) is 8.59. The minimum atomic E-state index is 0.244. The lowest BCUT2D eigenvalue weighted by Crippen LogP contribution is -2.51. The zero-order chi connectivity index (χ0) is 27.3. The Balaban J connectivity index is 1.24. The van der Waals surface area contributed by atoms with Crippen molar-refractivity contribution in [3.05, 3.63) is 166 Å². The second-order valence-electron chi connectivity index (χ2n) is 12.7. The average molecular weight is 535 g/mol. The number of hydrogen-bond donors (Lipinski definition) is 0. The lowest BCUT2D eigenvalue weighted by atomic mass is 9.70. The van der Waals surface area contributed by atoms with Gasteiger partial charge in [0.2, 0.25) is 0 Å². The molecule has 2 fully saturated rings. The van der Waals surface area contributed by atoms with Crippen LogP contribution in [-0.4, -0.2) is 36.0 Å². The van der Waals surface area contributed by atoms with E-state index >= 15 is 0 Å². The second-order valence-corrected chi connectivity index (χ2v) is 12.7. The molecule has 2 aromatic carbocycles. The van der Waals surface area contributed by atoms with Gasteiger partial charge in [-0.1, -0.05) is 133 Å². The van der Waals surface area contributed by atoms with Crippen LogP contribution in [0.3, 0.4) is 0 Å². The van der Waals surface area contributed by atoms with Crippen LogP contribution in [0.4, 0.5) is 0 Å². The third kappa shape index (κ3) is 4.41. The van der Waals surface area contributed by atoms with E-state index in [9.17, 15) is 0 Å². The number of benzene rings is 2. The predicted octanol–water partition coefficient (Wildman–Crippen LogP) is 7.94. The molecule has 2 nitrogen and oxygen atoms in total. The molecule has 2 saturated heterocycles. The largest absolute Gasteiger partial charge is 0.290 e. The third-order valence-electron chi connectivity index (χ3n) is 10.1. The van der Waals surface area contributed by atoms with Crippen molar-refractivity contribution in [2.45, 2.75) is 19.0 Å². The molecule has 2 heteroatoms. The molecule has 204 valence electrons. The van der Waals surface area contributed by atoms with Gasteiger partial charge in [-0.05, 0) is 40.3 Å². The highest BCUT2D eigenvalue weighted by atomic mass is 15.3. The normalized spacial score (nSPS) is 29.7. The van der Waals surface area contributed by atoms with E-state index in [2.05, 4.69) is 144 Å². The van der Waals surface area contributed by atoms with Crippen LogP contribution in [0, 0.1) is 23.7 Å². The van der Waals surface area contributed by atoms with Gasteiger partial charge in [0.25, 0.3) is 0 Å². The minimum absolute atomic E-state index is 0.244. The van der Waals surface area contributed by atoms with Gasteiger partial charge in [0, 0.05) is 49.9 Å². The molecule has 0 saturated carbocycles. The maximum Gasteiger partial charge on any atom is 0.0548 e. The van der Waals surface area contributed by atoms with Gasteiger partial charge in [-0.2, -0.15) is 0 Å². The van der Waals surface area contributed by atoms with Crippen molar-refractivity contribution in [2.75, 3.05) is 26.2 Å². The fraction of sp³-hybridized carbons (Fsp3) is 0.282. The fourth-order valence-corrected chi connectivity index (χ4v) is 8.59. The lowest BCUT2D eigenvalue weighted by Gasteiger charge is -2.52. The summed E-state index contributed by atoms with van der Waals surface area (Å²) < 4.78 is 0. The minimum Gasteiger partial charge on any atom is -0.290 e. The van der Waals surface area contributed by atoms with Gasteiger partial charge in [0.1, 0.15) is 0 Å². The van der Waals surface area contributed by atoms with Crippen LogP contribution in [0.1, 0.15) is 30.1 Å². The van der Waals surface area contributed by atoms with E-state index in [1.54, 1.807) is 11.1 Å². The molecule has 2 aliphatic heterocycles. The first-order chi connectivity index (χ1) is 20.2. The van der Waals surface area contributed by atoms with Crippen LogP contribution in [0.25, 0.3) is 0 Å². The summed E-state index contributed by atoms with van der Waals surface area (Å²) >= 11 is 0. The first-order valence-electron chi connectivity index (χ1n) is 15.3. The van der Waals surface area contributed by atoms with Crippen molar-refractivity contribution >= 4 is 0 Å². The number of nitrogens with zero attached hydrogens (tertiary/aromatic N) is 2. The molecular formula is C39H38N2. The van der Waals surface area contributed by atoms with Crippen LogP contribution in [0.15, 0.2) is 155 Å². The van der Waals surface area contributed by atoms with E-state index in [-0.39, 0.29) is 12.1 Å². The number of rotatable bonds is 5.